The van der Waals surface area contributed by atoms with Gasteiger partial charge in [-0.05, 0) is 74.9 Å². The SMILES string of the molecule is CC(=O)c1cn(CC(=O)N2C[C@H](F)C[C@H]2C(=O)NCc2cccc(Cl)c2F)c2cc(C(=O)O)ccc12.CC(=O)c1cn(CC(=O)N2C[C@H](F)C[C@H]2C(=O)NCc2cccc(Cl)c2F)c2cc(CS(=O)(=O)C(F)(F)F)ccc12.CC(=O)c1cn(CC(=O)N2C[C@H](F)C[C@H]2C(=O)NCc2cccc(Cl)c2F)c2cc(N)ccc12.Cl.O=S(=O)(OS(=O)(=O)C(F)(F)F)C(F)(F)F. The van der Waals surface area contributed by atoms with Gasteiger partial charge in [-0.2, -0.15) is 56.3 Å². The minimum atomic E-state index is -6.85. The second-order valence-electron chi connectivity index (χ2n) is 28.4. The van der Waals surface area contributed by atoms with E-state index in [1.165, 1.54) is 120 Å². The molecule has 3 aliphatic heterocycles. The van der Waals surface area contributed by atoms with E-state index in [0.29, 0.717) is 38.6 Å². The number of halogens is 19. The summed E-state index contributed by atoms with van der Waals surface area (Å²) in [6.07, 6.45) is -0.746. The van der Waals surface area contributed by atoms with Gasteiger partial charge < -0.3 is 55.2 Å². The number of carbonyl (C=O) groups is 10. The number of carboxylic acid groups (broad SMARTS) is 1. The average molecular weight is 1950 g/mol. The first-order valence-corrected chi connectivity index (χ1v) is 42.1. The Hall–Kier alpha value is -11.0. The van der Waals surface area contributed by atoms with Crippen molar-refractivity contribution in [2.24, 2.45) is 0 Å². The average Bonchev–Trinajstić information content (AvgIpc) is 1.63. The Balaban J connectivity index is 0.000000218. The topological polar surface area (TPSA) is 389 Å². The third-order valence-corrected chi connectivity index (χ3v) is 24.4. The van der Waals surface area contributed by atoms with Crippen LogP contribution in [0.5, 0.6) is 0 Å². The van der Waals surface area contributed by atoms with Gasteiger partial charge in [-0.25, -0.2) is 39.6 Å². The van der Waals surface area contributed by atoms with Crippen molar-refractivity contribution in [2.45, 2.75) is 138 Å². The van der Waals surface area contributed by atoms with Gasteiger partial charge in [0.25, 0.3) is 9.84 Å². The number of nitrogens with one attached hydrogen (secondary N) is 3. The summed E-state index contributed by atoms with van der Waals surface area (Å²) in [4.78, 5) is 129. The number of amides is 6. The number of sulfone groups is 1. The van der Waals surface area contributed by atoms with Gasteiger partial charge in [0.2, 0.25) is 35.4 Å². The smallest absolute Gasteiger partial charge is 0.478 e. The maximum Gasteiger partial charge on any atom is 0.524 e. The van der Waals surface area contributed by atoms with Crippen molar-refractivity contribution in [1.29, 1.82) is 0 Å². The predicted octanol–water partition coefficient (Wildman–Crippen LogP) is 12.5. The number of anilines is 1. The highest BCUT2D eigenvalue weighted by Crippen LogP contribution is 2.36. The van der Waals surface area contributed by atoms with E-state index in [2.05, 4.69) is 16.0 Å². The van der Waals surface area contributed by atoms with E-state index >= 15 is 0 Å². The molecular formula is C77H69Cl4F15N10O18S3. The van der Waals surface area contributed by atoms with Crippen LogP contribution in [-0.4, -0.2) is 190 Å². The summed E-state index contributed by atoms with van der Waals surface area (Å²) in [5.41, 5.74) is -9.59. The van der Waals surface area contributed by atoms with Crippen LogP contribution in [0.4, 0.5) is 71.5 Å². The zero-order valence-corrected chi connectivity index (χ0v) is 70.9. The number of benzene rings is 6. The second kappa shape index (κ2) is 40.5. The Bertz CT molecular complexity index is 6140. The molecule has 3 saturated heterocycles. The number of alkyl halides is 12. The largest absolute Gasteiger partial charge is 0.524 e. The molecule has 3 aromatic heterocycles. The lowest BCUT2D eigenvalue weighted by Gasteiger charge is -2.24. The number of aromatic carboxylic acids is 1. The Morgan fingerprint density at radius 3 is 1.07 bits per heavy atom. The number of carboxylic acids is 1. The fourth-order valence-electron chi connectivity index (χ4n) is 13.5. The molecular weight excluding hydrogens is 1880 g/mol. The molecule has 0 radical (unpaired) electrons. The summed E-state index contributed by atoms with van der Waals surface area (Å²) < 4.78 is 262. The summed E-state index contributed by atoms with van der Waals surface area (Å²) >= 11 is 17.3. The van der Waals surface area contributed by atoms with Crippen LogP contribution in [0.15, 0.2) is 128 Å². The Morgan fingerprint density at radius 1 is 0.457 bits per heavy atom. The molecule has 6 atom stereocenters. The molecule has 0 unspecified atom stereocenters. The Labute approximate surface area is 730 Å². The van der Waals surface area contributed by atoms with Crippen LogP contribution < -0.4 is 21.7 Å². The first kappa shape index (κ1) is 101. The van der Waals surface area contributed by atoms with Crippen LogP contribution >= 0.6 is 47.2 Å². The minimum Gasteiger partial charge on any atom is -0.478 e. The molecule has 28 nitrogen and oxygen atoms in total. The number of nitrogen functional groups attached to an aromatic ring is 1. The number of likely N-dealkylation sites (tertiary alicyclic amines) is 3. The number of carbonyl (C=O) groups excluding carboxylic acids is 9. The number of nitrogens with zero attached hydrogens (tertiary/aromatic N) is 6. The molecule has 6 aromatic carbocycles. The van der Waals surface area contributed by atoms with Crippen molar-refractivity contribution in [1.82, 2.24) is 44.4 Å². The van der Waals surface area contributed by atoms with Gasteiger partial charge in [0, 0.05) is 118 Å². The van der Waals surface area contributed by atoms with Crippen LogP contribution in [0.2, 0.25) is 15.1 Å². The highest BCUT2D eigenvalue weighted by Gasteiger charge is 2.58. The highest BCUT2D eigenvalue weighted by molar-refractivity contribution is 8.00. The second-order valence-corrected chi connectivity index (χ2v) is 34.9. The molecule has 0 saturated carbocycles. The summed E-state index contributed by atoms with van der Waals surface area (Å²) in [6.45, 7) is 1.37. The van der Waals surface area contributed by atoms with Gasteiger partial charge in [-0.3, -0.25) is 43.2 Å². The van der Waals surface area contributed by atoms with Crippen LogP contribution in [-0.2, 0) is 107 Å². The maximum atomic E-state index is 14.4. The lowest BCUT2D eigenvalue weighted by Crippen LogP contribution is -2.46. The van der Waals surface area contributed by atoms with Gasteiger partial charge in [-0.1, -0.05) is 95.5 Å². The van der Waals surface area contributed by atoms with Gasteiger partial charge >= 0.3 is 42.7 Å². The number of aromatic nitrogens is 3. The minimum absolute atomic E-state index is 0. The van der Waals surface area contributed by atoms with Crippen molar-refractivity contribution in [3.8, 4) is 0 Å². The highest BCUT2D eigenvalue weighted by atomic mass is 35.5. The zero-order valence-electron chi connectivity index (χ0n) is 65.4. The van der Waals surface area contributed by atoms with E-state index in [9.17, 15) is 144 Å². The molecule has 0 aliphatic carbocycles. The van der Waals surface area contributed by atoms with Crippen LogP contribution in [0.1, 0.15) is 104 Å². The molecule has 127 heavy (non-hydrogen) atoms. The van der Waals surface area contributed by atoms with E-state index in [1.807, 2.05) is 3.63 Å². The molecule has 50 heteroatoms. The monoisotopic (exact) mass is 1940 g/mol. The molecule has 12 rings (SSSR count). The number of hydrogen-bond acceptors (Lipinski definition) is 18. The molecule has 686 valence electrons. The normalized spacial score (nSPS) is 17.2. The first-order chi connectivity index (χ1) is 58.5. The van der Waals surface area contributed by atoms with Gasteiger partial charge in [0.1, 0.15) is 73.7 Å². The molecule has 3 fully saturated rings. The zero-order chi connectivity index (χ0) is 93.7. The lowest BCUT2D eigenvalue weighted by molar-refractivity contribution is -0.139. The van der Waals surface area contributed by atoms with Gasteiger partial charge in [-0.15, -0.1) is 16.0 Å². The van der Waals surface area contributed by atoms with Gasteiger partial charge in [0.05, 0.1) is 57.1 Å². The molecule has 0 bridgehead atoms. The lowest BCUT2D eigenvalue weighted by atomic mass is 10.1. The molecule has 6 N–H and O–H groups in total. The third kappa shape index (κ3) is 24.1. The van der Waals surface area contributed by atoms with E-state index in [0.717, 1.165) is 21.9 Å². The van der Waals surface area contributed by atoms with Crippen LogP contribution in [0.25, 0.3) is 32.7 Å². The maximum absolute atomic E-state index is 14.4. The molecule has 6 amide bonds. The van der Waals surface area contributed by atoms with Crippen LogP contribution in [0.3, 0.4) is 0 Å². The summed E-state index contributed by atoms with van der Waals surface area (Å²) in [5.74, 6) is -9.22. The number of rotatable bonds is 23. The van der Waals surface area contributed by atoms with Crippen molar-refractivity contribution in [3.63, 3.8) is 0 Å². The van der Waals surface area contributed by atoms with Crippen molar-refractivity contribution < 1.29 is 148 Å². The van der Waals surface area contributed by atoms with Crippen molar-refractivity contribution >= 4 is 174 Å². The van der Waals surface area contributed by atoms with E-state index < -0.39 is 167 Å². The van der Waals surface area contributed by atoms with E-state index in [1.54, 1.807) is 35.0 Å². The van der Waals surface area contributed by atoms with Crippen molar-refractivity contribution in [3.05, 3.63) is 205 Å². The molecule has 0 spiro atoms. The fourth-order valence-corrected chi connectivity index (χ4v) is 16.4. The Kier molecular flexibility index (Phi) is 32.3. The van der Waals surface area contributed by atoms with Gasteiger partial charge in [0.15, 0.2) is 17.3 Å². The molecule has 6 heterocycles. The molecule has 9 aromatic rings. The van der Waals surface area contributed by atoms with Crippen LogP contribution in [0, 0.1) is 17.5 Å². The van der Waals surface area contributed by atoms with E-state index in [4.69, 9.17) is 40.5 Å². The fraction of sp³-hybridized carbons (Fsp3) is 0.325. The number of Topliss-reactive ketones (excluding diaryl/α,β-unsaturated/α-hetero) is 3. The summed E-state index contributed by atoms with van der Waals surface area (Å²) in [7, 11) is -19.2. The third-order valence-electron chi connectivity index (χ3n) is 19.6. The number of nitrogens with two attached hydrogens (primary N) is 1. The summed E-state index contributed by atoms with van der Waals surface area (Å²) in [6, 6.07) is 22.4. The Morgan fingerprint density at radius 2 is 0.764 bits per heavy atom. The van der Waals surface area contributed by atoms with Crippen molar-refractivity contribution in [2.75, 3.05) is 25.4 Å². The quantitative estimate of drug-likeness (QED) is 0.0172. The summed E-state index contributed by atoms with van der Waals surface area (Å²) in [5, 5.41) is 18.0. The molecule has 3 aliphatic rings. The number of fused-ring (bicyclic) bond motifs is 3. The standard InChI is InChI=1S/C26H23ClF5N3O5S.C25H22ClF2N3O5.C24H23ClF2N4O3.C2F6O5S2.ClH/c1-14(36)19-11-34(21-7-15(5-6-18(19)21)13-41(39,40)26(30,31)32)12-23(37)35-10-17(28)8-22(35)25(38)33-9-16-3-2-4-20(27)24(16)29;1-13(32)18-11-30(20-7-14(25(35)36)5-6-17(18)20)12-22(33)31-10-16(27)8-21(31)24(34)29-9-15-3-2-4-19(26)23(15)28;1-13(32)18-11-30(20-8-16(28)5-6-17(18)20)12-22(33)31-10-15(26)7-21(31)24(34)29-9-14-3-2-4-19(25)23(14)27;3-1(4,5)14(9,10)13-15(11,12)2(6,7)8;/h2-7,11,17,22H,8-10,12-13H2,1H3,(H,33,38);2-7,11,16,21H,8-10,12H2,1H3,(H,29,34)(H,35,36);2-6,8,11,15,21H,7,9-10,12,28H2,1H3,(H,29,34);;1H/t17-,22+;16-,21+;15-,21+;;/m111../s1. The number of ketones is 3. The van der Waals surface area contributed by atoms with E-state index in [-0.39, 0.29) is 148 Å². The predicted molar refractivity (Wildman–Crippen MR) is 429 cm³/mol. The first-order valence-electron chi connectivity index (χ1n) is 36.5. The number of hydrogen-bond donors (Lipinski definition) is 5.